The highest BCUT2D eigenvalue weighted by molar-refractivity contribution is 5.90. The van der Waals surface area contributed by atoms with Crippen molar-refractivity contribution in [2.75, 3.05) is 27.4 Å². The van der Waals surface area contributed by atoms with E-state index in [1.54, 1.807) is 18.2 Å². The summed E-state index contributed by atoms with van der Waals surface area (Å²) in [6, 6.07) is 12.6. The number of hydrogen-bond donors (Lipinski definition) is 0. The first-order chi connectivity index (χ1) is 12.6. The summed E-state index contributed by atoms with van der Waals surface area (Å²) in [5, 5.41) is 0. The van der Waals surface area contributed by atoms with Crippen LogP contribution in [0.2, 0.25) is 0 Å². The maximum atomic E-state index is 11.7. The van der Waals surface area contributed by atoms with Gasteiger partial charge in [-0.3, -0.25) is 0 Å². The van der Waals surface area contributed by atoms with E-state index in [1.165, 1.54) is 14.2 Å². The van der Waals surface area contributed by atoms with Gasteiger partial charge in [-0.05, 0) is 31.2 Å². The number of para-hydroxylation sites is 1. The summed E-state index contributed by atoms with van der Waals surface area (Å²) in [6.45, 7) is 3.30. The van der Waals surface area contributed by atoms with Crippen LogP contribution < -0.4 is 9.47 Å². The van der Waals surface area contributed by atoms with E-state index >= 15 is 0 Å². The van der Waals surface area contributed by atoms with Crippen LogP contribution in [-0.2, 0) is 14.2 Å². The number of carbonyl (C=O) groups excluding carboxylic acids is 1. The van der Waals surface area contributed by atoms with Gasteiger partial charge in [0.1, 0.15) is 11.9 Å². The Morgan fingerprint density at radius 1 is 1.15 bits per heavy atom. The highest BCUT2D eigenvalue weighted by Gasteiger charge is 2.24. The molecular weight excluding hydrogens is 336 g/mol. The molecule has 1 aliphatic heterocycles. The zero-order valence-electron chi connectivity index (χ0n) is 15.1. The largest absolute Gasteiger partial charge is 0.493 e. The maximum Gasteiger partial charge on any atom is 0.337 e. The van der Waals surface area contributed by atoms with E-state index in [2.05, 4.69) is 0 Å². The maximum absolute atomic E-state index is 11.7. The van der Waals surface area contributed by atoms with Crippen molar-refractivity contribution >= 4 is 5.97 Å². The summed E-state index contributed by atoms with van der Waals surface area (Å²) >= 11 is 0. The molecule has 1 heterocycles. The van der Waals surface area contributed by atoms with E-state index in [4.69, 9.17) is 23.7 Å². The van der Waals surface area contributed by atoms with Crippen LogP contribution in [0.1, 0.15) is 28.9 Å². The van der Waals surface area contributed by atoms with Gasteiger partial charge < -0.3 is 23.7 Å². The van der Waals surface area contributed by atoms with Crippen molar-refractivity contribution < 1.29 is 28.5 Å². The predicted molar refractivity (Wildman–Crippen MR) is 95.0 cm³/mol. The molecule has 0 aromatic heterocycles. The number of benzene rings is 2. The molecule has 1 unspecified atom stereocenters. The molecule has 26 heavy (non-hydrogen) atoms. The van der Waals surface area contributed by atoms with Crippen LogP contribution in [0, 0.1) is 0 Å². The Morgan fingerprint density at radius 3 is 2.62 bits per heavy atom. The van der Waals surface area contributed by atoms with Gasteiger partial charge >= 0.3 is 5.97 Å². The minimum Gasteiger partial charge on any atom is -0.493 e. The molecule has 0 bridgehead atoms. The summed E-state index contributed by atoms with van der Waals surface area (Å²) < 4.78 is 27.2. The zero-order valence-corrected chi connectivity index (χ0v) is 15.1. The molecule has 6 heteroatoms. The SMILES string of the molecule is COC(=O)c1ccc(Oc2ccccc2C(C)OC[C@H]2CO2)c(OC)c1. The van der Waals surface area contributed by atoms with Gasteiger partial charge in [-0.25, -0.2) is 4.79 Å². The van der Waals surface area contributed by atoms with E-state index in [9.17, 15) is 4.79 Å². The second-order valence-electron chi connectivity index (χ2n) is 5.93. The number of carbonyl (C=O) groups is 1. The molecule has 0 spiro atoms. The fourth-order valence-corrected chi connectivity index (χ4v) is 2.53. The van der Waals surface area contributed by atoms with E-state index in [1.807, 2.05) is 31.2 Å². The van der Waals surface area contributed by atoms with Gasteiger partial charge in [0.25, 0.3) is 0 Å². The quantitative estimate of drug-likeness (QED) is 0.529. The van der Waals surface area contributed by atoms with Crippen LogP contribution in [0.25, 0.3) is 0 Å². The third-order valence-electron chi connectivity index (χ3n) is 4.10. The lowest BCUT2D eigenvalue weighted by molar-refractivity contribution is 0.0527. The highest BCUT2D eigenvalue weighted by Crippen LogP contribution is 2.36. The number of ether oxygens (including phenoxy) is 5. The summed E-state index contributed by atoms with van der Waals surface area (Å²) in [7, 11) is 2.86. The third kappa shape index (κ3) is 4.33. The second kappa shape index (κ2) is 8.21. The van der Waals surface area contributed by atoms with Crippen LogP contribution in [0.3, 0.4) is 0 Å². The summed E-state index contributed by atoms with van der Waals surface area (Å²) in [5.41, 5.74) is 1.32. The van der Waals surface area contributed by atoms with Gasteiger partial charge in [-0.2, -0.15) is 0 Å². The number of epoxide rings is 1. The number of methoxy groups -OCH3 is 2. The minimum absolute atomic E-state index is 0.143. The van der Waals surface area contributed by atoms with Crippen molar-refractivity contribution in [1.82, 2.24) is 0 Å². The molecule has 0 saturated carbocycles. The van der Waals surface area contributed by atoms with Crippen LogP contribution in [0.15, 0.2) is 42.5 Å². The summed E-state index contributed by atoms with van der Waals surface area (Å²) in [6.07, 6.45) is 0.0622. The van der Waals surface area contributed by atoms with Gasteiger partial charge in [-0.1, -0.05) is 18.2 Å². The fourth-order valence-electron chi connectivity index (χ4n) is 2.53. The Bertz CT molecular complexity index is 769. The smallest absolute Gasteiger partial charge is 0.337 e. The Labute approximate surface area is 152 Å². The Kier molecular flexibility index (Phi) is 5.75. The van der Waals surface area contributed by atoms with Gasteiger partial charge in [-0.15, -0.1) is 0 Å². The van der Waals surface area contributed by atoms with Crippen molar-refractivity contribution in [2.45, 2.75) is 19.1 Å². The number of esters is 1. The first-order valence-corrected chi connectivity index (χ1v) is 8.38. The Hall–Kier alpha value is -2.57. The fraction of sp³-hybridized carbons (Fsp3) is 0.350. The monoisotopic (exact) mass is 358 g/mol. The zero-order chi connectivity index (χ0) is 18.5. The van der Waals surface area contributed by atoms with E-state index in [0.29, 0.717) is 29.4 Å². The lowest BCUT2D eigenvalue weighted by atomic mass is 10.1. The molecule has 1 fully saturated rings. The molecule has 2 aromatic rings. The standard InChI is InChI=1S/C20H22O6/c1-13(24-11-15-12-25-15)16-6-4-5-7-17(16)26-18-9-8-14(20(21)23-3)10-19(18)22-2/h4-10,13,15H,11-12H2,1-3H3/t13?,15-/m0/s1. The topological polar surface area (TPSA) is 66.5 Å². The Balaban J connectivity index is 1.80. The molecule has 138 valence electrons. The van der Waals surface area contributed by atoms with Crippen molar-refractivity contribution in [3.63, 3.8) is 0 Å². The molecule has 1 saturated heterocycles. The average molecular weight is 358 g/mol. The summed E-state index contributed by atoms with van der Waals surface area (Å²) in [5.74, 6) is 1.19. The molecule has 6 nitrogen and oxygen atoms in total. The lowest BCUT2D eigenvalue weighted by Crippen LogP contribution is -2.07. The Morgan fingerprint density at radius 2 is 1.92 bits per heavy atom. The normalized spacial score (nSPS) is 16.7. The molecule has 3 rings (SSSR count). The van der Waals surface area contributed by atoms with Gasteiger partial charge in [0.15, 0.2) is 11.5 Å². The molecule has 0 N–H and O–H groups in total. The molecule has 0 amide bonds. The van der Waals surface area contributed by atoms with Crippen molar-refractivity contribution in [1.29, 1.82) is 0 Å². The van der Waals surface area contributed by atoms with Crippen molar-refractivity contribution in [2.24, 2.45) is 0 Å². The lowest BCUT2D eigenvalue weighted by Gasteiger charge is -2.18. The van der Waals surface area contributed by atoms with Crippen LogP contribution in [0.5, 0.6) is 17.2 Å². The van der Waals surface area contributed by atoms with E-state index in [0.717, 1.165) is 12.2 Å². The van der Waals surface area contributed by atoms with E-state index < -0.39 is 5.97 Å². The minimum atomic E-state index is -0.431. The van der Waals surface area contributed by atoms with Gasteiger partial charge in [0, 0.05) is 5.56 Å². The summed E-state index contributed by atoms with van der Waals surface area (Å²) in [4.78, 5) is 11.7. The van der Waals surface area contributed by atoms with Crippen LogP contribution in [-0.4, -0.2) is 39.5 Å². The van der Waals surface area contributed by atoms with Gasteiger partial charge in [0.2, 0.25) is 0 Å². The molecule has 0 radical (unpaired) electrons. The number of rotatable bonds is 8. The second-order valence-corrected chi connectivity index (χ2v) is 5.93. The average Bonchev–Trinajstić information content (AvgIpc) is 3.50. The van der Waals surface area contributed by atoms with E-state index in [-0.39, 0.29) is 12.2 Å². The van der Waals surface area contributed by atoms with Crippen molar-refractivity contribution in [3.8, 4) is 17.2 Å². The molecular formula is C20H22O6. The van der Waals surface area contributed by atoms with Crippen molar-refractivity contribution in [3.05, 3.63) is 53.6 Å². The highest BCUT2D eigenvalue weighted by atomic mass is 16.6. The first kappa shape index (κ1) is 18.2. The third-order valence-corrected chi connectivity index (χ3v) is 4.10. The molecule has 0 aliphatic carbocycles. The number of hydrogen-bond acceptors (Lipinski definition) is 6. The molecule has 2 aromatic carbocycles. The van der Waals surface area contributed by atoms with Gasteiger partial charge in [0.05, 0.1) is 39.1 Å². The molecule has 2 atom stereocenters. The predicted octanol–water partition coefficient (Wildman–Crippen LogP) is 3.75. The van der Waals surface area contributed by atoms with Crippen LogP contribution in [0.4, 0.5) is 0 Å². The molecule has 1 aliphatic rings. The first-order valence-electron chi connectivity index (χ1n) is 8.38. The van der Waals surface area contributed by atoms with Crippen LogP contribution >= 0.6 is 0 Å².